The van der Waals surface area contributed by atoms with Crippen LogP contribution in [0.2, 0.25) is 0 Å². The average Bonchev–Trinajstić information content (AvgIpc) is 2.78. The summed E-state index contributed by atoms with van der Waals surface area (Å²) in [7, 11) is -4.35. The van der Waals surface area contributed by atoms with Crippen molar-refractivity contribution >= 4 is 38.0 Å². The number of likely N-dealkylation sites (N-methyl/N-ethyl adjacent to an activating group) is 1. The number of rotatable bonds is 6. The molecule has 1 aliphatic rings. The molecule has 0 bridgehead atoms. The first-order valence-corrected chi connectivity index (χ1v) is 11.6. The summed E-state index contributed by atoms with van der Waals surface area (Å²) in [6.07, 6.45) is 0. The number of sulfonamides is 1. The highest BCUT2D eigenvalue weighted by atomic mass is 32.2. The summed E-state index contributed by atoms with van der Waals surface area (Å²) in [5, 5.41) is 1.56. The number of hydrogen-bond acceptors (Lipinski definition) is 5. The largest absolute Gasteiger partial charge is 0.368 e. The van der Waals surface area contributed by atoms with Crippen LogP contribution in [0.15, 0.2) is 77.3 Å². The lowest BCUT2D eigenvalue weighted by Gasteiger charge is -2.29. The van der Waals surface area contributed by atoms with Gasteiger partial charge in [0.2, 0.25) is 11.6 Å². The molecule has 0 aliphatic heterocycles. The summed E-state index contributed by atoms with van der Waals surface area (Å²) in [6.45, 7) is 4.41. The number of allylic oxidation sites excluding steroid dienone is 2. The molecule has 0 saturated heterocycles. The van der Waals surface area contributed by atoms with Gasteiger partial charge in [0.05, 0.1) is 5.69 Å². The van der Waals surface area contributed by atoms with Gasteiger partial charge in [0.15, 0.2) is 4.91 Å². The van der Waals surface area contributed by atoms with Gasteiger partial charge in [0, 0.05) is 29.6 Å². The van der Waals surface area contributed by atoms with E-state index in [1.54, 1.807) is 41.3 Å². The first kappa shape index (κ1) is 20.8. The van der Waals surface area contributed by atoms with E-state index >= 15 is 0 Å². The molecule has 0 heterocycles. The Morgan fingerprint density at radius 2 is 1.35 bits per heavy atom. The van der Waals surface area contributed by atoms with Crippen LogP contribution in [0, 0.1) is 0 Å². The molecular weight excluding hydrogens is 412 g/mol. The summed E-state index contributed by atoms with van der Waals surface area (Å²) in [5.74, 6) is -1.14. The minimum atomic E-state index is -4.35. The highest BCUT2D eigenvalue weighted by Gasteiger charge is 2.41. The minimum Gasteiger partial charge on any atom is -0.368 e. The van der Waals surface area contributed by atoms with Gasteiger partial charge in [-0.15, -0.1) is 0 Å². The molecule has 4 rings (SSSR count). The van der Waals surface area contributed by atoms with Gasteiger partial charge in [0.1, 0.15) is 5.70 Å². The number of benzene rings is 3. The number of fused-ring (bicyclic) bond motifs is 2. The molecule has 1 aliphatic carbocycles. The van der Waals surface area contributed by atoms with Gasteiger partial charge in [-0.2, -0.15) is 0 Å². The fourth-order valence-electron chi connectivity index (χ4n) is 3.93. The van der Waals surface area contributed by atoms with Crippen LogP contribution in [-0.4, -0.2) is 38.0 Å². The van der Waals surface area contributed by atoms with Gasteiger partial charge < -0.3 is 4.90 Å². The lowest BCUT2D eigenvalue weighted by Crippen LogP contribution is -2.37. The second-order valence-electron chi connectivity index (χ2n) is 7.19. The molecule has 0 unspecified atom stereocenters. The van der Waals surface area contributed by atoms with Crippen LogP contribution >= 0.6 is 0 Å². The highest BCUT2D eigenvalue weighted by Crippen LogP contribution is 2.33. The number of anilines is 1. The van der Waals surface area contributed by atoms with Crippen LogP contribution in [0.4, 0.5) is 5.69 Å². The molecule has 7 heteroatoms. The quantitative estimate of drug-likeness (QED) is 0.628. The van der Waals surface area contributed by atoms with Crippen molar-refractivity contribution in [3.63, 3.8) is 0 Å². The zero-order chi connectivity index (χ0) is 22.2. The lowest BCUT2D eigenvalue weighted by molar-refractivity contribution is 0.0949. The van der Waals surface area contributed by atoms with Crippen LogP contribution in [0.3, 0.4) is 0 Å². The first-order chi connectivity index (χ1) is 14.9. The smallest absolute Gasteiger partial charge is 0.268 e. The molecule has 0 radical (unpaired) electrons. The second kappa shape index (κ2) is 8.00. The van der Waals surface area contributed by atoms with Gasteiger partial charge in [-0.05, 0) is 25.3 Å². The van der Waals surface area contributed by atoms with Gasteiger partial charge in [-0.25, -0.2) is 8.42 Å². The highest BCUT2D eigenvalue weighted by molar-refractivity contribution is 7.97. The molecule has 31 heavy (non-hydrogen) atoms. The van der Waals surface area contributed by atoms with E-state index in [-0.39, 0.29) is 16.8 Å². The van der Waals surface area contributed by atoms with Crippen molar-refractivity contribution < 1.29 is 18.0 Å². The van der Waals surface area contributed by atoms with Crippen molar-refractivity contribution in [2.45, 2.75) is 13.8 Å². The number of hydrogen-bond donors (Lipinski definition) is 1. The van der Waals surface area contributed by atoms with Gasteiger partial charge in [-0.3, -0.25) is 14.3 Å². The van der Waals surface area contributed by atoms with E-state index in [2.05, 4.69) is 4.72 Å². The third kappa shape index (κ3) is 3.51. The molecule has 1 N–H and O–H groups in total. The summed E-state index contributed by atoms with van der Waals surface area (Å²) in [4.78, 5) is 27.8. The van der Waals surface area contributed by atoms with E-state index in [9.17, 15) is 18.0 Å². The molecule has 158 valence electrons. The standard InChI is InChI=1S/C24H22N2O4S/c1-3-26(4-2)21-22(27)18-13-7-8-14-19(18)23(28)24(21)31(29,30)25-20-15-9-11-16-10-5-6-12-17(16)20/h5-15,25H,3-4H2,1-2H3. The minimum absolute atomic E-state index is 0.0820. The Balaban J connectivity index is 1.92. The molecular formula is C24H22N2O4S. The normalized spacial score (nSPS) is 14.0. The van der Waals surface area contributed by atoms with E-state index in [1.165, 1.54) is 6.07 Å². The number of carbonyl (C=O) groups is 2. The average molecular weight is 435 g/mol. The number of ketones is 2. The summed E-state index contributed by atoms with van der Waals surface area (Å²) >= 11 is 0. The molecule has 0 fully saturated rings. The predicted molar refractivity (Wildman–Crippen MR) is 122 cm³/mol. The molecule has 0 atom stereocenters. The van der Waals surface area contributed by atoms with Crippen molar-refractivity contribution in [2.24, 2.45) is 0 Å². The third-order valence-electron chi connectivity index (χ3n) is 5.44. The van der Waals surface area contributed by atoms with E-state index < -0.39 is 26.5 Å². The van der Waals surface area contributed by atoms with E-state index in [0.717, 1.165) is 5.39 Å². The second-order valence-corrected chi connectivity index (χ2v) is 8.81. The molecule has 0 spiro atoms. The summed E-state index contributed by atoms with van der Waals surface area (Å²) in [5.41, 5.74) is 0.588. The third-order valence-corrected chi connectivity index (χ3v) is 6.84. The van der Waals surface area contributed by atoms with Crippen LogP contribution in [0.5, 0.6) is 0 Å². The van der Waals surface area contributed by atoms with E-state index in [0.29, 0.717) is 24.2 Å². The maximum Gasteiger partial charge on any atom is 0.268 e. The van der Waals surface area contributed by atoms with Crippen molar-refractivity contribution in [3.8, 4) is 0 Å². The molecule has 0 saturated carbocycles. The van der Waals surface area contributed by atoms with Gasteiger partial charge >= 0.3 is 0 Å². The van der Waals surface area contributed by atoms with Crippen LogP contribution < -0.4 is 4.72 Å². The Morgan fingerprint density at radius 3 is 2.03 bits per heavy atom. The van der Waals surface area contributed by atoms with E-state index in [4.69, 9.17) is 0 Å². The predicted octanol–water partition coefficient (Wildman–Crippen LogP) is 4.21. The Kier molecular flexibility index (Phi) is 5.37. The molecule has 6 nitrogen and oxygen atoms in total. The zero-order valence-corrected chi connectivity index (χ0v) is 18.1. The fourth-order valence-corrected chi connectivity index (χ4v) is 5.33. The maximum absolute atomic E-state index is 13.5. The first-order valence-electron chi connectivity index (χ1n) is 10.1. The van der Waals surface area contributed by atoms with Crippen molar-refractivity contribution in [2.75, 3.05) is 17.8 Å². The molecule has 0 aromatic heterocycles. The van der Waals surface area contributed by atoms with Gasteiger partial charge in [-0.1, -0.05) is 60.7 Å². The number of nitrogens with one attached hydrogen (secondary N) is 1. The monoisotopic (exact) mass is 434 g/mol. The number of carbonyl (C=O) groups excluding carboxylic acids is 2. The topological polar surface area (TPSA) is 83.6 Å². The zero-order valence-electron chi connectivity index (χ0n) is 17.3. The van der Waals surface area contributed by atoms with Crippen molar-refractivity contribution in [1.82, 2.24) is 4.90 Å². The van der Waals surface area contributed by atoms with Crippen molar-refractivity contribution in [3.05, 3.63) is 88.5 Å². The van der Waals surface area contributed by atoms with Crippen LogP contribution in [0.25, 0.3) is 10.8 Å². The van der Waals surface area contributed by atoms with E-state index in [1.807, 2.05) is 38.1 Å². The summed E-state index contributed by atoms with van der Waals surface area (Å²) < 4.78 is 29.6. The van der Waals surface area contributed by atoms with Crippen LogP contribution in [0.1, 0.15) is 34.6 Å². The SMILES string of the molecule is CCN(CC)C1=C(S(=O)(=O)Nc2cccc3ccccc23)C(=O)c2ccccc2C1=O. The maximum atomic E-state index is 13.5. The molecule has 0 amide bonds. The van der Waals surface area contributed by atoms with Crippen molar-refractivity contribution in [1.29, 1.82) is 0 Å². The van der Waals surface area contributed by atoms with Gasteiger partial charge in [0.25, 0.3) is 10.0 Å². The Hall–Kier alpha value is -3.45. The number of nitrogens with zero attached hydrogens (tertiary/aromatic N) is 1. The lowest BCUT2D eigenvalue weighted by atomic mass is 9.92. The Labute approximate surface area is 181 Å². The Bertz CT molecular complexity index is 1330. The number of Topliss-reactive ketones (excluding diaryl/α,β-unsaturated/α-hetero) is 2. The Morgan fingerprint density at radius 1 is 0.774 bits per heavy atom. The summed E-state index contributed by atoms with van der Waals surface area (Å²) in [6, 6.07) is 18.9. The van der Waals surface area contributed by atoms with Crippen LogP contribution in [-0.2, 0) is 10.0 Å². The fraction of sp³-hybridized carbons (Fsp3) is 0.167. The molecule has 3 aromatic rings. The molecule has 3 aromatic carbocycles.